The van der Waals surface area contributed by atoms with E-state index in [1.54, 1.807) is 17.4 Å². The highest BCUT2D eigenvalue weighted by Gasteiger charge is 2.13. The average molecular weight is 343 g/mol. The first-order valence-electron chi connectivity index (χ1n) is 5.98. The number of nitrogens with zero attached hydrogens (tertiary/aromatic N) is 1. The molecule has 0 saturated carbocycles. The summed E-state index contributed by atoms with van der Waals surface area (Å²) in [5.74, 6) is -0.176. The molecule has 0 atom stereocenters. The molecule has 0 aliphatic rings. The van der Waals surface area contributed by atoms with Crippen molar-refractivity contribution in [2.75, 3.05) is 19.0 Å². The quantitative estimate of drug-likeness (QED) is 0.883. The molecule has 0 saturated heterocycles. The van der Waals surface area contributed by atoms with Crippen molar-refractivity contribution in [1.82, 2.24) is 5.32 Å². The lowest BCUT2D eigenvalue weighted by atomic mass is 10.1. The van der Waals surface area contributed by atoms with E-state index in [0.29, 0.717) is 18.8 Å². The van der Waals surface area contributed by atoms with Crippen LogP contribution in [0.5, 0.6) is 0 Å². The maximum absolute atomic E-state index is 14.1. The fraction of sp³-hybridized carbons (Fsp3) is 0.286. The molecule has 0 spiro atoms. The second-order valence-corrected chi connectivity index (χ2v) is 6.68. The van der Waals surface area contributed by atoms with Gasteiger partial charge in [-0.15, -0.1) is 11.3 Å². The predicted molar refractivity (Wildman–Crippen MR) is 83.3 cm³/mol. The molecule has 0 aliphatic heterocycles. The van der Waals surface area contributed by atoms with Crippen LogP contribution in [0.15, 0.2) is 33.4 Å². The van der Waals surface area contributed by atoms with Gasteiger partial charge in [0.25, 0.3) is 0 Å². The van der Waals surface area contributed by atoms with Crippen LogP contribution in [0.3, 0.4) is 0 Å². The van der Waals surface area contributed by atoms with Gasteiger partial charge in [-0.1, -0.05) is 12.1 Å². The molecule has 0 aliphatic carbocycles. The monoisotopic (exact) mass is 342 g/mol. The van der Waals surface area contributed by atoms with Crippen LogP contribution in [0.25, 0.3) is 0 Å². The van der Waals surface area contributed by atoms with Crippen LogP contribution < -0.4 is 10.2 Å². The summed E-state index contributed by atoms with van der Waals surface area (Å²) in [4.78, 5) is 1.95. The van der Waals surface area contributed by atoms with Gasteiger partial charge in [-0.3, -0.25) is 0 Å². The first kappa shape index (κ1) is 14.5. The molecule has 0 unspecified atom stereocenters. The van der Waals surface area contributed by atoms with E-state index in [2.05, 4.69) is 32.7 Å². The van der Waals surface area contributed by atoms with Crippen molar-refractivity contribution in [1.29, 1.82) is 0 Å². The van der Waals surface area contributed by atoms with Gasteiger partial charge in [-0.05, 0) is 51.6 Å². The minimum absolute atomic E-state index is 0.176. The maximum Gasteiger partial charge on any atom is 0.146 e. The van der Waals surface area contributed by atoms with Crippen LogP contribution >= 0.6 is 27.3 Å². The number of nitrogens with one attached hydrogen (secondary N) is 1. The van der Waals surface area contributed by atoms with Crippen LogP contribution in [0.4, 0.5) is 10.1 Å². The standard InChI is InChI=1S/C14H16BrFN2S/c1-17-7-11-4-3-5-12(16)14(11)18(2)8-10-6-13(15)19-9-10/h3-6,9,17H,7-8H2,1-2H3. The van der Waals surface area contributed by atoms with Crippen molar-refractivity contribution in [2.24, 2.45) is 0 Å². The first-order valence-corrected chi connectivity index (χ1v) is 7.65. The SMILES string of the molecule is CNCc1cccc(F)c1N(C)Cc1csc(Br)c1. The molecule has 5 heteroatoms. The molecular formula is C14H16BrFN2S. The number of halogens is 2. The van der Waals surface area contributed by atoms with Gasteiger partial charge in [-0.2, -0.15) is 0 Å². The van der Waals surface area contributed by atoms with E-state index in [1.165, 1.54) is 11.6 Å². The third-order valence-electron chi connectivity index (χ3n) is 2.86. The van der Waals surface area contributed by atoms with Gasteiger partial charge in [0.2, 0.25) is 0 Å². The van der Waals surface area contributed by atoms with Crippen molar-refractivity contribution in [3.63, 3.8) is 0 Å². The Labute approximate surface area is 125 Å². The second kappa shape index (κ2) is 6.50. The molecule has 2 aromatic rings. The Hall–Kier alpha value is -0.910. The zero-order chi connectivity index (χ0) is 13.8. The summed E-state index contributed by atoms with van der Waals surface area (Å²) in [7, 11) is 3.79. The second-order valence-electron chi connectivity index (χ2n) is 4.39. The Bertz CT molecular complexity index is 556. The van der Waals surface area contributed by atoms with Gasteiger partial charge >= 0.3 is 0 Å². The van der Waals surface area contributed by atoms with Crippen LogP contribution in [0, 0.1) is 5.82 Å². The summed E-state index contributed by atoms with van der Waals surface area (Å²) in [6.45, 7) is 1.35. The molecule has 0 radical (unpaired) electrons. The minimum Gasteiger partial charge on any atom is -0.368 e. The lowest BCUT2D eigenvalue weighted by molar-refractivity contribution is 0.617. The van der Waals surface area contributed by atoms with Crippen molar-refractivity contribution in [3.8, 4) is 0 Å². The molecule has 0 amide bonds. The normalized spacial score (nSPS) is 10.7. The smallest absolute Gasteiger partial charge is 0.146 e. The average Bonchev–Trinajstić information content (AvgIpc) is 2.75. The van der Waals surface area contributed by atoms with E-state index in [4.69, 9.17) is 0 Å². The number of hydrogen-bond acceptors (Lipinski definition) is 3. The summed E-state index contributed by atoms with van der Waals surface area (Å²) in [6.07, 6.45) is 0. The molecule has 2 nitrogen and oxygen atoms in total. The van der Waals surface area contributed by atoms with Crippen LogP contribution in [0.1, 0.15) is 11.1 Å². The Morgan fingerprint density at radius 1 is 1.42 bits per heavy atom. The van der Waals surface area contributed by atoms with Gasteiger partial charge in [0.1, 0.15) is 5.82 Å². The van der Waals surface area contributed by atoms with Gasteiger partial charge in [-0.25, -0.2) is 4.39 Å². The molecule has 1 heterocycles. The fourth-order valence-corrected chi connectivity index (χ4v) is 3.30. The maximum atomic E-state index is 14.1. The zero-order valence-corrected chi connectivity index (χ0v) is 13.3. The van der Waals surface area contributed by atoms with E-state index in [0.717, 1.165) is 9.35 Å². The number of para-hydroxylation sites is 1. The van der Waals surface area contributed by atoms with Gasteiger partial charge < -0.3 is 10.2 Å². The van der Waals surface area contributed by atoms with Crippen molar-refractivity contribution in [2.45, 2.75) is 13.1 Å². The van der Waals surface area contributed by atoms with E-state index in [1.807, 2.05) is 25.1 Å². The highest BCUT2D eigenvalue weighted by molar-refractivity contribution is 9.11. The lowest BCUT2D eigenvalue weighted by Crippen LogP contribution is -2.20. The molecule has 1 aromatic carbocycles. The predicted octanol–water partition coefficient (Wildman–Crippen LogP) is 4.01. The molecule has 1 N–H and O–H groups in total. The van der Waals surface area contributed by atoms with Crippen LogP contribution in [0.2, 0.25) is 0 Å². The summed E-state index contributed by atoms with van der Waals surface area (Å²) in [5, 5.41) is 5.16. The summed E-state index contributed by atoms with van der Waals surface area (Å²) in [6, 6.07) is 7.28. The van der Waals surface area contributed by atoms with E-state index >= 15 is 0 Å². The van der Waals surface area contributed by atoms with Crippen LogP contribution in [-0.4, -0.2) is 14.1 Å². The molecular weight excluding hydrogens is 327 g/mol. The van der Waals surface area contributed by atoms with E-state index < -0.39 is 0 Å². The number of benzene rings is 1. The topological polar surface area (TPSA) is 15.3 Å². The summed E-state index contributed by atoms with van der Waals surface area (Å²) >= 11 is 5.09. The summed E-state index contributed by atoms with van der Waals surface area (Å²) in [5.41, 5.74) is 2.82. The molecule has 0 bridgehead atoms. The number of anilines is 1. The highest BCUT2D eigenvalue weighted by Crippen LogP contribution is 2.27. The van der Waals surface area contributed by atoms with Gasteiger partial charge in [0, 0.05) is 20.1 Å². The molecule has 0 fully saturated rings. The Kier molecular flexibility index (Phi) is 4.96. The minimum atomic E-state index is -0.176. The summed E-state index contributed by atoms with van der Waals surface area (Å²) < 4.78 is 15.2. The first-order chi connectivity index (χ1) is 9.11. The largest absolute Gasteiger partial charge is 0.368 e. The van der Waals surface area contributed by atoms with E-state index in [9.17, 15) is 4.39 Å². The van der Waals surface area contributed by atoms with Crippen LogP contribution in [-0.2, 0) is 13.1 Å². The number of thiophene rings is 1. The van der Waals surface area contributed by atoms with Crippen molar-refractivity contribution < 1.29 is 4.39 Å². The Balaban J connectivity index is 2.24. The highest BCUT2D eigenvalue weighted by atomic mass is 79.9. The Morgan fingerprint density at radius 3 is 2.84 bits per heavy atom. The third kappa shape index (κ3) is 3.55. The van der Waals surface area contributed by atoms with Crippen molar-refractivity contribution >= 4 is 33.0 Å². The lowest BCUT2D eigenvalue weighted by Gasteiger charge is -2.22. The number of rotatable bonds is 5. The fourth-order valence-electron chi connectivity index (χ4n) is 2.10. The Morgan fingerprint density at radius 2 is 2.21 bits per heavy atom. The zero-order valence-electron chi connectivity index (χ0n) is 10.9. The van der Waals surface area contributed by atoms with Crippen molar-refractivity contribution in [3.05, 3.63) is 50.4 Å². The van der Waals surface area contributed by atoms with Gasteiger partial charge in [0.15, 0.2) is 0 Å². The molecule has 2 rings (SSSR count). The molecule has 19 heavy (non-hydrogen) atoms. The third-order valence-corrected chi connectivity index (χ3v) is 4.41. The number of hydrogen-bond donors (Lipinski definition) is 1. The van der Waals surface area contributed by atoms with E-state index in [-0.39, 0.29) is 5.82 Å². The molecule has 102 valence electrons. The molecule has 1 aromatic heterocycles. The van der Waals surface area contributed by atoms with Gasteiger partial charge in [0.05, 0.1) is 9.47 Å².